The normalized spacial score (nSPS) is 12.5. The van der Waals surface area contributed by atoms with Gasteiger partial charge >= 0.3 is 0 Å². The first-order valence-corrected chi connectivity index (χ1v) is 9.57. The van der Waals surface area contributed by atoms with Gasteiger partial charge in [-0.15, -0.1) is 0 Å². The van der Waals surface area contributed by atoms with Crippen LogP contribution in [0.5, 0.6) is 5.75 Å². The van der Waals surface area contributed by atoms with E-state index in [0.29, 0.717) is 11.8 Å². The molecule has 0 aromatic heterocycles. The summed E-state index contributed by atoms with van der Waals surface area (Å²) in [5, 5.41) is 2.50. The first kappa shape index (κ1) is 23.8. The maximum Gasteiger partial charge on any atom is 0.245 e. The molecule has 0 unspecified atom stereocenters. The highest BCUT2D eigenvalue weighted by Crippen LogP contribution is 2.15. The molecular weight excluding hydrogens is 408 g/mol. The second-order valence-electron chi connectivity index (χ2n) is 7.14. The maximum absolute atomic E-state index is 13.3. The largest absolute Gasteiger partial charge is 0.497 e. The Labute approximate surface area is 179 Å². The summed E-state index contributed by atoms with van der Waals surface area (Å²) in [6.07, 6.45) is -0.309. The van der Waals surface area contributed by atoms with Gasteiger partial charge in [-0.2, -0.15) is 0 Å². The number of amides is 3. The number of nitrogens with two attached hydrogens (primary N) is 1. The molecule has 166 valence electrons. The first-order chi connectivity index (χ1) is 14.6. The Morgan fingerprint density at radius 1 is 1.03 bits per heavy atom. The quantitative estimate of drug-likeness (QED) is 0.631. The van der Waals surface area contributed by atoms with E-state index in [1.807, 2.05) is 0 Å². The lowest BCUT2D eigenvalue weighted by atomic mass is 10.1. The van der Waals surface area contributed by atoms with Crippen molar-refractivity contribution >= 4 is 17.7 Å². The third kappa shape index (κ3) is 6.77. The molecule has 0 fully saturated rings. The van der Waals surface area contributed by atoms with Crippen molar-refractivity contribution in [2.75, 3.05) is 7.11 Å². The second kappa shape index (κ2) is 10.5. The van der Waals surface area contributed by atoms with Crippen molar-refractivity contribution in [1.29, 1.82) is 0 Å². The van der Waals surface area contributed by atoms with Gasteiger partial charge in [0.15, 0.2) is 0 Å². The molecule has 31 heavy (non-hydrogen) atoms. The smallest absolute Gasteiger partial charge is 0.245 e. The van der Waals surface area contributed by atoms with E-state index in [-0.39, 0.29) is 18.5 Å². The zero-order valence-corrected chi connectivity index (χ0v) is 17.5. The zero-order chi connectivity index (χ0) is 23.1. The first-order valence-electron chi connectivity index (χ1n) is 9.57. The van der Waals surface area contributed by atoms with Gasteiger partial charge in [-0.25, -0.2) is 8.78 Å². The Kier molecular flexibility index (Phi) is 8.07. The molecule has 0 spiro atoms. The summed E-state index contributed by atoms with van der Waals surface area (Å²) in [7, 11) is 1.53. The molecule has 0 heterocycles. The SMILES string of the molecule is COc1ccc(CN(C(=O)[C@H](C)NC(=O)Cc2cc(F)cc(F)c2)[C@@H](C)C(N)=O)cc1. The van der Waals surface area contributed by atoms with E-state index in [4.69, 9.17) is 10.5 Å². The number of rotatable bonds is 9. The summed E-state index contributed by atoms with van der Waals surface area (Å²) in [5.41, 5.74) is 6.26. The lowest BCUT2D eigenvalue weighted by Gasteiger charge is -2.30. The Bertz CT molecular complexity index is 930. The maximum atomic E-state index is 13.3. The van der Waals surface area contributed by atoms with Crippen molar-refractivity contribution in [1.82, 2.24) is 10.2 Å². The minimum atomic E-state index is -0.994. The summed E-state index contributed by atoms with van der Waals surface area (Å²) >= 11 is 0. The van der Waals surface area contributed by atoms with Crippen LogP contribution in [0.1, 0.15) is 25.0 Å². The Balaban J connectivity index is 2.10. The molecule has 0 saturated carbocycles. The topological polar surface area (TPSA) is 102 Å². The molecule has 2 aromatic rings. The number of nitrogens with one attached hydrogen (secondary N) is 1. The van der Waals surface area contributed by atoms with Crippen molar-refractivity contribution in [3.05, 3.63) is 65.2 Å². The molecule has 0 saturated heterocycles. The van der Waals surface area contributed by atoms with Crippen LogP contribution in [0.4, 0.5) is 8.78 Å². The highest BCUT2D eigenvalue weighted by atomic mass is 19.1. The van der Waals surface area contributed by atoms with Crippen LogP contribution >= 0.6 is 0 Å². The van der Waals surface area contributed by atoms with E-state index in [0.717, 1.165) is 17.7 Å². The van der Waals surface area contributed by atoms with E-state index in [1.54, 1.807) is 24.3 Å². The number of nitrogens with zero attached hydrogens (tertiary/aromatic N) is 1. The van der Waals surface area contributed by atoms with E-state index in [9.17, 15) is 23.2 Å². The molecule has 2 rings (SSSR count). The number of carbonyl (C=O) groups excluding carboxylic acids is 3. The number of benzene rings is 2. The molecule has 9 heteroatoms. The predicted octanol–water partition coefficient (Wildman–Crippen LogP) is 1.92. The van der Waals surface area contributed by atoms with E-state index in [1.165, 1.54) is 25.9 Å². The van der Waals surface area contributed by atoms with Crippen LogP contribution < -0.4 is 15.8 Å². The van der Waals surface area contributed by atoms with Gasteiger partial charge in [-0.3, -0.25) is 14.4 Å². The molecule has 0 radical (unpaired) electrons. The molecule has 0 bridgehead atoms. The standard InChI is InChI=1S/C22H25F2N3O4/c1-13(26-20(28)10-16-8-17(23)11-18(24)9-16)22(30)27(14(2)21(25)29)12-15-4-6-19(31-3)7-5-15/h4-9,11,13-14H,10,12H2,1-3H3,(H2,25,29)(H,26,28)/t13-,14-/m0/s1. The molecule has 3 amide bonds. The minimum Gasteiger partial charge on any atom is -0.497 e. The van der Waals surface area contributed by atoms with Gasteiger partial charge in [0.05, 0.1) is 13.5 Å². The fraction of sp³-hybridized carbons (Fsp3) is 0.318. The molecule has 2 aromatic carbocycles. The molecule has 7 nitrogen and oxygen atoms in total. The fourth-order valence-electron chi connectivity index (χ4n) is 2.99. The van der Waals surface area contributed by atoms with Gasteiger partial charge in [0, 0.05) is 12.6 Å². The summed E-state index contributed by atoms with van der Waals surface area (Å²) in [4.78, 5) is 38.2. The summed E-state index contributed by atoms with van der Waals surface area (Å²) in [6.45, 7) is 3.04. The van der Waals surface area contributed by atoms with Crippen molar-refractivity contribution < 1.29 is 27.9 Å². The van der Waals surface area contributed by atoms with E-state index >= 15 is 0 Å². The van der Waals surface area contributed by atoms with Crippen LogP contribution in [-0.2, 0) is 27.3 Å². The van der Waals surface area contributed by atoms with Crippen LogP contribution in [0.3, 0.4) is 0 Å². The average Bonchev–Trinajstić information content (AvgIpc) is 2.70. The Morgan fingerprint density at radius 3 is 2.13 bits per heavy atom. The molecule has 3 N–H and O–H groups in total. The van der Waals surface area contributed by atoms with Gasteiger partial charge in [0.25, 0.3) is 0 Å². The Morgan fingerprint density at radius 2 is 1.61 bits per heavy atom. The summed E-state index contributed by atoms with van der Waals surface area (Å²) in [5.74, 6) is -2.78. The number of ether oxygens (including phenoxy) is 1. The lowest BCUT2D eigenvalue weighted by Crippen LogP contribution is -2.53. The van der Waals surface area contributed by atoms with Gasteiger partial charge in [0.1, 0.15) is 29.5 Å². The number of hydrogen-bond donors (Lipinski definition) is 2. The van der Waals surface area contributed by atoms with Crippen LogP contribution in [0.15, 0.2) is 42.5 Å². The van der Waals surface area contributed by atoms with Crippen molar-refractivity contribution in [3.8, 4) is 5.75 Å². The van der Waals surface area contributed by atoms with E-state index < -0.39 is 41.4 Å². The van der Waals surface area contributed by atoms with Crippen LogP contribution in [0, 0.1) is 11.6 Å². The predicted molar refractivity (Wildman–Crippen MR) is 110 cm³/mol. The minimum absolute atomic E-state index is 0.0856. The molecule has 2 atom stereocenters. The van der Waals surface area contributed by atoms with E-state index in [2.05, 4.69) is 5.32 Å². The molecule has 0 aliphatic heterocycles. The van der Waals surface area contributed by atoms with Gasteiger partial charge in [-0.1, -0.05) is 12.1 Å². The monoisotopic (exact) mass is 433 g/mol. The van der Waals surface area contributed by atoms with Crippen molar-refractivity contribution in [2.24, 2.45) is 5.73 Å². The number of hydrogen-bond acceptors (Lipinski definition) is 4. The summed E-state index contributed by atoms with van der Waals surface area (Å²) < 4.78 is 31.7. The molecule has 0 aliphatic rings. The van der Waals surface area contributed by atoms with Gasteiger partial charge < -0.3 is 20.7 Å². The number of halogens is 2. The highest BCUT2D eigenvalue weighted by molar-refractivity contribution is 5.91. The third-order valence-corrected chi connectivity index (χ3v) is 4.71. The average molecular weight is 433 g/mol. The third-order valence-electron chi connectivity index (χ3n) is 4.71. The van der Waals surface area contributed by atoms with Crippen molar-refractivity contribution in [3.63, 3.8) is 0 Å². The highest BCUT2D eigenvalue weighted by Gasteiger charge is 2.29. The number of methoxy groups -OCH3 is 1. The second-order valence-corrected chi connectivity index (χ2v) is 7.14. The van der Waals surface area contributed by atoms with Crippen LogP contribution in [-0.4, -0.2) is 41.8 Å². The Hall–Kier alpha value is -3.49. The zero-order valence-electron chi connectivity index (χ0n) is 17.5. The lowest BCUT2D eigenvalue weighted by molar-refractivity contribution is -0.142. The van der Waals surface area contributed by atoms with Crippen LogP contribution in [0.25, 0.3) is 0 Å². The number of primary amides is 1. The molecular formula is C22H25F2N3O4. The summed E-state index contributed by atoms with van der Waals surface area (Å²) in [6, 6.07) is 7.80. The van der Waals surface area contributed by atoms with Crippen molar-refractivity contribution in [2.45, 2.75) is 38.9 Å². The van der Waals surface area contributed by atoms with Gasteiger partial charge in [0.2, 0.25) is 17.7 Å². The van der Waals surface area contributed by atoms with Gasteiger partial charge in [-0.05, 0) is 49.2 Å². The fourth-order valence-corrected chi connectivity index (χ4v) is 2.99. The van der Waals surface area contributed by atoms with Crippen LogP contribution in [0.2, 0.25) is 0 Å². The number of carbonyl (C=O) groups is 3. The molecule has 0 aliphatic carbocycles.